The first kappa shape index (κ1) is 12.9. The van der Waals surface area contributed by atoms with E-state index >= 15 is 0 Å². The van der Waals surface area contributed by atoms with Gasteiger partial charge >= 0.3 is 5.97 Å². The highest BCUT2D eigenvalue weighted by Gasteiger charge is 2.22. The molecule has 7 heteroatoms. The third-order valence-electron chi connectivity index (χ3n) is 2.55. The topological polar surface area (TPSA) is 60.4 Å². The van der Waals surface area contributed by atoms with Gasteiger partial charge in [0.15, 0.2) is 0 Å². The van der Waals surface area contributed by atoms with Crippen molar-refractivity contribution in [1.29, 1.82) is 0 Å². The lowest BCUT2D eigenvalue weighted by Gasteiger charge is -2.24. The van der Waals surface area contributed by atoms with E-state index in [1.54, 1.807) is 6.07 Å². The van der Waals surface area contributed by atoms with Gasteiger partial charge in [-0.05, 0) is 31.4 Å². The lowest BCUT2D eigenvalue weighted by molar-refractivity contribution is -0.151. The third kappa shape index (κ3) is 3.43. The van der Waals surface area contributed by atoms with Gasteiger partial charge in [-0.2, -0.15) is 0 Å². The lowest BCUT2D eigenvalue weighted by atomic mass is 9.96. The van der Waals surface area contributed by atoms with E-state index in [0.717, 1.165) is 30.6 Å². The van der Waals surface area contributed by atoms with Crippen molar-refractivity contribution in [3.05, 3.63) is 17.0 Å². The fourth-order valence-corrected chi connectivity index (χ4v) is 3.55. The Balaban J connectivity index is 1.94. The number of esters is 1. The zero-order valence-corrected chi connectivity index (χ0v) is 11.3. The van der Waals surface area contributed by atoms with Gasteiger partial charge in [-0.25, -0.2) is 8.42 Å². The van der Waals surface area contributed by atoms with Gasteiger partial charge in [0.25, 0.3) is 9.05 Å². The van der Waals surface area contributed by atoms with Gasteiger partial charge in [0.05, 0.1) is 6.42 Å². The van der Waals surface area contributed by atoms with Crippen LogP contribution < -0.4 is 0 Å². The minimum Gasteiger partial charge on any atom is -0.462 e. The molecule has 17 heavy (non-hydrogen) atoms. The Labute approximate surface area is 108 Å². The SMILES string of the molecule is O=C(Cc1ccc(S(=O)(=O)Cl)s1)OC1CCC1. The molecular weight excluding hydrogens is 284 g/mol. The Morgan fingerprint density at radius 2 is 2.18 bits per heavy atom. The van der Waals surface area contributed by atoms with Gasteiger partial charge in [0.1, 0.15) is 10.3 Å². The highest BCUT2D eigenvalue weighted by Crippen LogP contribution is 2.26. The van der Waals surface area contributed by atoms with Crippen molar-refractivity contribution >= 4 is 37.0 Å². The number of halogens is 1. The van der Waals surface area contributed by atoms with Crippen LogP contribution in [0.1, 0.15) is 24.1 Å². The van der Waals surface area contributed by atoms with Gasteiger partial charge in [0, 0.05) is 15.6 Å². The van der Waals surface area contributed by atoms with Crippen molar-refractivity contribution in [2.45, 2.75) is 36.0 Å². The number of carbonyl (C=O) groups is 1. The molecule has 0 N–H and O–H groups in total. The largest absolute Gasteiger partial charge is 0.462 e. The predicted octanol–water partition coefficient (Wildman–Crippen LogP) is 2.31. The Morgan fingerprint density at radius 1 is 1.47 bits per heavy atom. The van der Waals surface area contributed by atoms with E-state index in [-0.39, 0.29) is 22.7 Å². The molecule has 1 heterocycles. The van der Waals surface area contributed by atoms with Crippen LogP contribution in [-0.2, 0) is 25.0 Å². The molecule has 94 valence electrons. The highest BCUT2D eigenvalue weighted by atomic mass is 35.7. The molecule has 1 saturated carbocycles. The fraction of sp³-hybridized carbons (Fsp3) is 0.500. The van der Waals surface area contributed by atoms with Crippen molar-refractivity contribution in [3.8, 4) is 0 Å². The van der Waals surface area contributed by atoms with E-state index in [4.69, 9.17) is 15.4 Å². The van der Waals surface area contributed by atoms with Gasteiger partial charge < -0.3 is 4.74 Å². The van der Waals surface area contributed by atoms with E-state index in [9.17, 15) is 13.2 Å². The van der Waals surface area contributed by atoms with Crippen molar-refractivity contribution < 1.29 is 17.9 Å². The van der Waals surface area contributed by atoms with Crippen LogP contribution in [0.2, 0.25) is 0 Å². The summed E-state index contributed by atoms with van der Waals surface area (Å²) in [5.74, 6) is -0.310. The maximum Gasteiger partial charge on any atom is 0.311 e. The predicted molar refractivity (Wildman–Crippen MR) is 64.8 cm³/mol. The summed E-state index contributed by atoms with van der Waals surface area (Å²) in [5, 5.41) is 0. The molecule has 1 aliphatic rings. The molecule has 0 spiro atoms. The van der Waals surface area contributed by atoms with Gasteiger partial charge in [-0.15, -0.1) is 11.3 Å². The molecule has 1 aromatic rings. The van der Waals surface area contributed by atoms with Gasteiger partial charge in [-0.3, -0.25) is 4.79 Å². The molecule has 0 atom stereocenters. The number of carbonyl (C=O) groups excluding carboxylic acids is 1. The zero-order chi connectivity index (χ0) is 12.5. The third-order valence-corrected chi connectivity index (χ3v) is 5.72. The smallest absolute Gasteiger partial charge is 0.311 e. The van der Waals surface area contributed by atoms with Gasteiger partial charge in [-0.1, -0.05) is 0 Å². The number of thiophene rings is 1. The summed E-state index contributed by atoms with van der Waals surface area (Å²) in [6, 6.07) is 2.99. The summed E-state index contributed by atoms with van der Waals surface area (Å²) in [5.41, 5.74) is 0. The number of hydrogen-bond acceptors (Lipinski definition) is 5. The molecule has 0 bridgehead atoms. The van der Waals surface area contributed by atoms with Crippen LogP contribution in [0.3, 0.4) is 0 Å². The number of ether oxygens (including phenoxy) is 1. The van der Waals surface area contributed by atoms with Crippen LogP contribution in [0.15, 0.2) is 16.3 Å². The van der Waals surface area contributed by atoms with Gasteiger partial charge in [0.2, 0.25) is 0 Å². The molecule has 0 aliphatic heterocycles. The van der Waals surface area contributed by atoms with E-state index in [0.29, 0.717) is 4.88 Å². The summed E-state index contributed by atoms with van der Waals surface area (Å²) >= 11 is 1.00. The minimum atomic E-state index is -3.70. The average Bonchev–Trinajstić information content (AvgIpc) is 2.59. The first-order chi connectivity index (χ1) is 7.95. The van der Waals surface area contributed by atoms with E-state index in [2.05, 4.69) is 0 Å². The zero-order valence-electron chi connectivity index (χ0n) is 8.89. The monoisotopic (exact) mass is 294 g/mol. The summed E-state index contributed by atoms with van der Waals surface area (Å²) in [7, 11) is 1.50. The highest BCUT2D eigenvalue weighted by molar-refractivity contribution is 8.15. The second-order valence-electron chi connectivity index (χ2n) is 3.88. The molecule has 2 rings (SSSR count). The Morgan fingerprint density at radius 3 is 2.65 bits per heavy atom. The summed E-state index contributed by atoms with van der Waals surface area (Å²) in [4.78, 5) is 12.1. The van der Waals surface area contributed by atoms with Crippen LogP contribution >= 0.6 is 22.0 Å². The van der Waals surface area contributed by atoms with Crippen molar-refractivity contribution in [3.63, 3.8) is 0 Å². The van der Waals surface area contributed by atoms with Crippen LogP contribution in [0, 0.1) is 0 Å². The quantitative estimate of drug-likeness (QED) is 0.631. The Hall–Kier alpha value is -0.590. The van der Waals surface area contributed by atoms with Crippen molar-refractivity contribution in [2.75, 3.05) is 0 Å². The molecular formula is C10H11ClO4S2. The fourth-order valence-electron chi connectivity index (χ4n) is 1.44. The molecule has 1 fully saturated rings. The lowest BCUT2D eigenvalue weighted by Crippen LogP contribution is -2.25. The van der Waals surface area contributed by atoms with Crippen molar-refractivity contribution in [2.24, 2.45) is 0 Å². The van der Waals surface area contributed by atoms with Crippen LogP contribution in [0.25, 0.3) is 0 Å². The second-order valence-corrected chi connectivity index (χ2v) is 7.84. The molecule has 0 aromatic carbocycles. The maximum atomic E-state index is 11.5. The summed E-state index contributed by atoms with van der Waals surface area (Å²) in [6.45, 7) is 0. The number of hydrogen-bond donors (Lipinski definition) is 0. The summed E-state index contributed by atoms with van der Waals surface area (Å²) in [6.07, 6.45) is 3.12. The molecule has 1 aromatic heterocycles. The molecule has 1 aliphatic carbocycles. The standard InChI is InChI=1S/C10H11ClO4S2/c11-17(13,14)10-5-4-8(16-10)6-9(12)15-7-2-1-3-7/h4-5,7H,1-3,6H2. The van der Waals surface area contributed by atoms with E-state index < -0.39 is 9.05 Å². The van der Waals surface area contributed by atoms with E-state index in [1.807, 2.05) is 0 Å². The van der Waals surface area contributed by atoms with E-state index in [1.165, 1.54) is 6.07 Å². The van der Waals surface area contributed by atoms with Crippen LogP contribution in [-0.4, -0.2) is 20.5 Å². The van der Waals surface area contributed by atoms with Crippen molar-refractivity contribution in [1.82, 2.24) is 0 Å². The molecule has 0 radical (unpaired) electrons. The Bertz CT molecular complexity index is 516. The second kappa shape index (κ2) is 4.96. The maximum absolute atomic E-state index is 11.5. The first-order valence-corrected chi connectivity index (χ1v) is 8.30. The minimum absolute atomic E-state index is 0.0543. The Kier molecular flexibility index (Phi) is 3.75. The van der Waals surface area contributed by atoms with Crippen LogP contribution in [0.4, 0.5) is 0 Å². The molecule has 0 saturated heterocycles. The average molecular weight is 295 g/mol. The summed E-state index contributed by atoms with van der Waals surface area (Å²) < 4.78 is 27.3. The molecule has 0 amide bonds. The number of rotatable bonds is 4. The molecule has 0 unspecified atom stereocenters. The molecule has 4 nitrogen and oxygen atoms in total. The normalized spacial score (nSPS) is 16.5. The van der Waals surface area contributed by atoms with Crippen LogP contribution in [0.5, 0.6) is 0 Å². The first-order valence-electron chi connectivity index (χ1n) is 5.18.